The molecule has 0 fully saturated rings. The van der Waals surface area contributed by atoms with Crippen molar-refractivity contribution in [1.29, 1.82) is 0 Å². The maximum Gasteiger partial charge on any atom is 0.272 e. The summed E-state index contributed by atoms with van der Waals surface area (Å²) in [7, 11) is 0. The fraction of sp³-hybridized carbons (Fsp3) is 0.455. The minimum atomic E-state index is -0.699. The number of hydrogen-bond donors (Lipinski definition) is 2. The molecule has 0 unspecified atom stereocenters. The summed E-state index contributed by atoms with van der Waals surface area (Å²) in [6.07, 6.45) is 0.750. The largest absolute Gasteiger partial charge is 0.352 e. The highest BCUT2D eigenvalue weighted by molar-refractivity contribution is 5.99. The normalized spacial score (nSPS) is 14.8. The molecule has 1 aromatic carbocycles. The van der Waals surface area contributed by atoms with Crippen LogP contribution in [0.25, 0.3) is 0 Å². The summed E-state index contributed by atoms with van der Waals surface area (Å²) in [6, 6.07) is 8.88. The first-order valence-electron chi connectivity index (χ1n) is 10.3. The molecule has 30 heavy (non-hydrogen) atoms. The first-order valence-corrected chi connectivity index (χ1v) is 10.3. The van der Waals surface area contributed by atoms with Gasteiger partial charge in [0.2, 0.25) is 5.91 Å². The Labute approximate surface area is 176 Å². The van der Waals surface area contributed by atoms with E-state index in [0.717, 1.165) is 17.5 Å². The summed E-state index contributed by atoms with van der Waals surface area (Å²) in [6.45, 7) is 9.05. The Morgan fingerprint density at radius 2 is 1.90 bits per heavy atom. The van der Waals surface area contributed by atoms with Crippen LogP contribution in [-0.2, 0) is 17.9 Å². The van der Waals surface area contributed by atoms with Crippen molar-refractivity contribution in [2.24, 2.45) is 0 Å². The van der Waals surface area contributed by atoms with E-state index in [1.54, 1.807) is 16.5 Å². The molecule has 8 nitrogen and oxygen atoms in total. The van der Waals surface area contributed by atoms with Gasteiger partial charge in [-0.3, -0.25) is 19.1 Å². The van der Waals surface area contributed by atoms with Crippen molar-refractivity contribution in [3.63, 3.8) is 0 Å². The van der Waals surface area contributed by atoms with Gasteiger partial charge in [-0.1, -0.05) is 29.8 Å². The van der Waals surface area contributed by atoms with Gasteiger partial charge in [-0.05, 0) is 39.7 Å². The highest BCUT2D eigenvalue weighted by atomic mass is 16.2. The second kappa shape index (κ2) is 9.11. The molecule has 3 amide bonds. The van der Waals surface area contributed by atoms with Crippen molar-refractivity contribution in [2.75, 3.05) is 6.54 Å². The Morgan fingerprint density at radius 1 is 1.13 bits per heavy atom. The van der Waals surface area contributed by atoms with Crippen LogP contribution in [0.5, 0.6) is 0 Å². The van der Waals surface area contributed by atoms with Gasteiger partial charge in [0.25, 0.3) is 11.8 Å². The standard InChI is InChI=1S/C22H29N5O3/c1-14(2)23-20(28)16(4)24-21(29)18-12-19-22(30)26(9-6-10-27(19)25-18)13-17-8-5-7-15(3)11-17/h5,7-8,11-12,14,16H,6,9-10,13H2,1-4H3,(H,23,28)(H,24,29)/t16-/m1/s1. The zero-order valence-corrected chi connectivity index (χ0v) is 17.9. The van der Waals surface area contributed by atoms with Gasteiger partial charge in [0.05, 0.1) is 0 Å². The molecule has 2 N–H and O–H groups in total. The number of carbonyl (C=O) groups is 3. The van der Waals surface area contributed by atoms with Gasteiger partial charge in [0, 0.05) is 31.7 Å². The third-order valence-electron chi connectivity index (χ3n) is 4.94. The Kier molecular flexibility index (Phi) is 6.54. The van der Waals surface area contributed by atoms with Gasteiger partial charge in [-0.25, -0.2) is 0 Å². The van der Waals surface area contributed by atoms with E-state index in [2.05, 4.69) is 21.8 Å². The fourth-order valence-electron chi connectivity index (χ4n) is 3.47. The van der Waals surface area contributed by atoms with Crippen LogP contribution in [0.3, 0.4) is 0 Å². The lowest BCUT2D eigenvalue weighted by atomic mass is 10.1. The molecule has 160 valence electrons. The van der Waals surface area contributed by atoms with Crippen LogP contribution in [0.15, 0.2) is 30.3 Å². The number of carbonyl (C=O) groups excluding carboxylic acids is 3. The summed E-state index contributed by atoms with van der Waals surface area (Å²) >= 11 is 0. The van der Waals surface area contributed by atoms with Crippen LogP contribution in [0.1, 0.15) is 59.3 Å². The zero-order chi connectivity index (χ0) is 21.8. The van der Waals surface area contributed by atoms with E-state index >= 15 is 0 Å². The lowest BCUT2D eigenvalue weighted by Gasteiger charge is -2.20. The topological polar surface area (TPSA) is 96.3 Å². The van der Waals surface area contributed by atoms with E-state index in [4.69, 9.17) is 0 Å². The smallest absolute Gasteiger partial charge is 0.272 e. The molecule has 3 rings (SSSR count). The number of rotatable bonds is 6. The molecule has 0 radical (unpaired) electrons. The average molecular weight is 412 g/mol. The number of amides is 3. The maximum atomic E-state index is 13.1. The fourth-order valence-corrected chi connectivity index (χ4v) is 3.47. The van der Waals surface area contributed by atoms with Gasteiger partial charge in [-0.15, -0.1) is 0 Å². The number of hydrogen-bond acceptors (Lipinski definition) is 4. The third-order valence-corrected chi connectivity index (χ3v) is 4.94. The van der Waals surface area contributed by atoms with Crippen molar-refractivity contribution in [3.8, 4) is 0 Å². The van der Waals surface area contributed by atoms with Crippen LogP contribution in [-0.4, -0.2) is 51.0 Å². The molecular weight excluding hydrogens is 382 g/mol. The number of aromatic nitrogens is 2. The summed E-state index contributed by atoms with van der Waals surface area (Å²) in [4.78, 5) is 39.5. The summed E-state index contributed by atoms with van der Waals surface area (Å²) < 4.78 is 1.59. The van der Waals surface area contributed by atoms with E-state index in [1.165, 1.54) is 6.07 Å². The van der Waals surface area contributed by atoms with E-state index in [1.807, 2.05) is 39.0 Å². The SMILES string of the molecule is Cc1cccc(CN2CCCn3nc(C(=O)N[C@H](C)C(=O)NC(C)C)cc3C2=O)c1. The molecule has 0 saturated heterocycles. The second-order valence-electron chi connectivity index (χ2n) is 8.07. The van der Waals surface area contributed by atoms with Crippen LogP contribution in [0, 0.1) is 6.92 Å². The van der Waals surface area contributed by atoms with Gasteiger partial charge < -0.3 is 15.5 Å². The van der Waals surface area contributed by atoms with E-state index in [9.17, 15) is 14.4 Å². The van der Waals surface area contributed by atoms with E-state index < -0.39 is 11.9 Å². The molecule has 0 aliphatic carbocycles. The van der Waals surface area contributed by atoms with Crippen molar-refractivity contribution < 1.29 is 14.4 Å². The Hall–Kier alpha value is -3.16. The molecule has 0 spiro atoms. The lowest BCUT2D eigenvalue weighted by Crippen LogP contribution is -2.46. The van der Waals surface area contributed by atoms with Gasteiger partial charge >= 0.3 is 0 Å². The van der Waals surface area contributed by atoms with Crippen molar-refractivity contribution in [3.05, 3.63) is 52.8 Å². The maximum absolute atomic E-state index is 13.1. The molecule has 1 atom stereocenters. The molecule has 2 heterocycles. The minimum Gasteiger partial charge on any atom is -0.352 e. The van der Waals surface area contributed by atoms with Crippen LogP contribution >= 0.6 is 0 Å². The summed E-state index contributed by atoms with van der Waals surface area (Å²) in [5.41, 5.74) is 2.75. The first kappa shape index (κ1) is 21.5. The quantitative estimate of drug-likeness (QED) is 0.759. The predicted molar refractivity (Wildman–Crippen MR) is 113 cm³/mol. The van der Waals surface area contributed by atoms with Gasteiger partial charge in [-0.2, -0.15) is 5.10 Å². The second-order valence-corrected chi connectivity index (χ2v) is 8.07. The van der Waals surface area contributed by atoms with Crippen LogP contribution < -0.4 is 10.6 Å². The van der Waals surface area contributed by atoms with E-state index in [0.29, 0.717) is 25.3 Å². The third kappa shape index (κ3) is 5.06. The number of aryl methyl sites for hydroxylation is 2. The van der Waals surface area contributed by atoms with Crippen LogP contribution in [0.2, 0.25) is 0 Å². The zero-order valence-electron chi connectivity index (χ0n) is 17.9. The Balaban J connectivity index is 1.72. The highest BCUT2D eigenvalue weighted by Gasteiger charge is 2.27. The monoisotopic (exact) mass is 411 g/mol. The van der Waals surface area contributed by atoms with Gasteiger partial charge in [0.1, 0.15) is 11.7 Å². The first-order chi connectivity index (χ1) is 14.2. The molecule has 1 aliphatic heterocycles. The van der Waals surface area contributed by atoms with Crippen molar-refractivity contribution in [2.45, 2.75) is 59.3 Å². The summed E-state index contributed by atoms with van der Waals surface area (Å²) in [5.74, 6) is -0.884. The number of fused-ring (bicyclic) bond motifs is 1. The average Bonchev–Trinajstić information content (AvgIpc) is 3.04. The molecule has 8 heteroatoms. The molecular formula is C22H29N5O3. The Morgan fingerprint density at radius 3 is 2.60 bits per heavy atom. The number of nitrogens with zero attached hydrogens (tertiary/aromatic N) is 3. The lowest BCUT2D eigenvalue weighted by molar-refractivity contribution is -0.123. The van der Waals surface area contributed by atoms with Crippen molar-refractivity contribution >= 4 is 17.7 Å². The Bertz CT molecular complexity index is 950. The molecule has 0 bridgehead atoms. The number of nitrogens with one attached hydrogen (secondary N) is 2. The number of benzene rings is 1. The van der Waals surface area contributed by atoms with Crippen LogP contribution in [0.4, 0.5) is 0 Å². The molecule has 1 aliphatic rings. The summed E-state index contributed by atoms with van der Waals surface area (Å²) in [5, 5.41) is 9.72. The molecule has 0 saturated carbocycles. The predicted octanol–water partition coefficient (Wildman–Crippen LogP) is 1.88. The minimum absolute atomic E-state index is 0.0162. The van der Waals surface area contributed by atoms with E-state index in [-0.39, 0.29) is 23.6 Å². The molecule has 1 aromatic heterocycles. The highest BCUT2D eigenvalue weighted by Crippen LogP contribution is 2.17. The molecule has 2 aromatic rings. The van der Waals surface area contributed by atoms with Crippen molar-refractivity contribution in [1.82, 2.24) is 25.3 Å². The van der Waals surface area contributed by atoms with Gasteiger partial charge in [0.15, 0.2) is 5.69 Å².